The van der Waals surface area contributed by atoms with Crippen molar-refractivity contribution in [3.05, 3.63) is 62.1 Å². The molecule has 0 unspecified atom stereocenters. The summed E-state index contributed by atoms with van der Waals surface area (Å²) in [5, 5.41) is 23.0. The molecule has 0 radical (unpaired) electrons. The second-order valence-electron chi connectivity index (χ2n) is 4.05. The molecule has 0 fully saturated rings. The van der Waals surface area contributed by atoms with Crippen molar-refractivity contribution in [2.45, 2.75) is 0 Å². The number of phenolic OH excluding ortho intramolecular Hbond substituents is 1. The van der Waals surface area contributed by atoms with Crippen molar-refractivity contribution in [1.82, 2.24) is 0 Å². The van der Waals surface area contributed by atoms with E-state index >= 15 is 0 Å². The highest BCUT2D eigenvalue weighted by Crippen LogP contribution is 2.35. The summed E-state index contributed by atoms with van der Waals surface area (Å²) in [4.78, 5) is 22.1. The van der Waals surface area contributed by atoms with Crippen LogP contribution in [0, 0.1) is 10.1 Å². The largest absolute Gasteiger partial charge is 0.504 e. The summed E-state index contributed by atoms with van der Waals surface area (Å²) in [6.07, 6.45) is 0. The molecule has 108 valence electrons. The van der Waals surface area contributed by atoms with E-state index in [4.69, 9.17) is 23.2 Å². The van der Waals surface area contributed by atoms with Crippen LogP contribution in [0.1, 0.15) is 10.4 Å². The lowest BCUT2D eigenvalue weighted by molar-refractivity contribution is -0.384. The van der Waals surface area contributed by atoms with Gasteiger partial charge in [0.1, 0.15) is 0 Å². The molecule has 0 saturated heterocycles. The number of rotatable bonds is 3. The summed E-state index contributed by atoms with van der Waals surface area (Å²) in [5.74, 6) is -0.966. The number of hydrogen-bond acceptors (Lipinski definition) is 4. The van der Waals surface area contributed by atoms with Gasteiger partial charge in [-0.2, -0.15) is 0 Å². The molecule has 0 aliphatic heterocycles. The van der Waals surface area contributed by atoms with Gasteiger partial charge in [0.2, 0.25) is 0 Å². The van der Waals surface area contributed by atoms with E-state index in [0.29, 0.717) is 0 Å². The summed E-state index contributed by atoms with van der Waals surface area (Å²) < 4.78 is 0. The van der Waals surface area contributed by atoms with Crippen LogP contribution in [-0.4, -0.2) is 15.9 Å². The minimum atomic E-state index is -0.632. The lowest BCUT2D eigenvalue weighted by Gasteiger charge is -2.09. The molecule has 0 aromatic heterocycles. The van der Waals surface area contributed by atoms with Crippen LogP contribution in [0.5, 0.6) is 5.75 Å². The van der Waals surface area contributed by atoms with Crippen LogP contribution in [0.4, 0.5) is 11.4 Å². The van der Waals surface area contributed by atoms with Gasteiger partial charge in [0.15, 0.2) is 5.75 Å². The maximum atomic E-state index is 12.0. The molecule has 0 saturated carbocycles. The number of nitro benzene ring substituents is 1. The minimum Gasteiger partial charge on any atom is -0.504 e. The first-order chi connectivity index (χ1) is 9.88. The average molecular weight is 327 g/mol. The topological polar surface area (TPSA) is 92.5 Å². The van der Waals surface area contributed by atoms with Crippen molar-refractivity contribution in [2.75, 3.05) is 5.32 Å². The first kappa shape index (κ1) is 15.1. The molecule has 2 aromatic carbocycles. The van der Waals surface area contributed by atoms with Crippen molar-refractivity contribution in [2.24, 2.45) is 0 Å². The Hall–Kier alpha value is -2.31. The molecule has 21 heavy (non-hydrogen) atoms. The number of halogens is 2. The van der Waals surface area contributed by atoms with Gasteiger partial charge in [0.25, 0.3) is 11.6 Å². The Bertz CT molecular complexity index is 734. The van der Waals surface area contributed by atoms with Gasteiger partial charge < -0.3 is 10.4 Å². The first-order valence-electron chi connectivity index (χ1n) is 5.62. The van der Waals surface area contributed by atoms with Crippen molar-refractivity contribution >= 4 is 40.5 Å². The average Bonchev–Trinajstić information content (AvgIpc) is 2.44. The van der Waals surface area contributed by atoms with Gasteiger partial charge in [-0.3, -0.25) is 14.9 Å². The van der Waals surface area contributed by atoms with Gasteiger partial charge in [0, 0.05) is 22.7 Å². The molecule has 2 N–H and O–H groups in total. The highest BCUT2D eigenvalue weighted by atomic mass is 35.5. The second-order valence-corrected chi connectivity index (χ2v) is 4.89. The Balaban J connectivity index is 2.30. The van der Waals surface area contributed by atoms with Crippen molar-refractivity contribution in [1.29, 1.82) is 0 Å². The number of benzene rings is 2. The molecule has 0 atom stereocenters. The van der Waals surface area contributed by atoms with E-state index in [1.54, 1.807) is 0 Å². The van der Waals surface area contributed by atoms with Crippen LogP contribution in [0.2, 0.25) is 10.0 Å². The number of hydrogen-bond donors (Lipinski definition) is 2. The van der Waals surface area contributed by atoms with E-state index < -0.39 is 10.8 Å². The number of amides is 1. The smallest absolute Gasteiger partial charge is 0.270 e. The van der Waals surface area contributed by atoms with Crippen LogP contribution < -0.4 is 5.32 Å². The Kier molecular flexibility index (Phi) is 4.30. The van der Waals surface area contributed by atoms with Gasteiger partial charge in [-0.1, -0.05) is 29.3 Å². The molecule has 8 heteroatoms. The van der Waals surface area contributed by atoms with Crippen molar-refractivity contribution in [3.63, 3.8) is 0 Å². The van der Waals surface area contributed by atoms with Gasteiger partial charge in [-0.25, -0.2) is 0 Å². The molecule has 0 heterocycles. The zero-order chi connectivity index (χ0) is 15.6. The number of aromatic hydroxyl groups is 1. The second kappa shape index (κ2) is 5.99. The summed E-state index contributed by atoms with van der Waals surface area (Å²) in [7, 11) is 0. The number of nitro groups is 1. The zero-order valence-corrected chi connectivity index (χ0v) is 11.9. The molecule has 2 rings (SSSR count). The molecular formula is C13H8Cl2N2O4. The Morgan fingerprint density at radius 1 is 1.24 bits per heavy atom. The number of anilines is 1. The molecule has 1 amide bonds. The lowest BCUT2D eigenvalue weighted by Crippen LogP contribution is -2.12. The predicted octanol–water partition coefficient (Wildman–Crippen LogP) is 3.86. The number of carbonyl (C=O) groups is 1. The van der Waals surface area contributed by atoms with E-state index in [1.807, 2.05) is 0 Å². The molecule has 0 aliphatic carbocycles. The fraction of sp³-hybridized carbons (Fsp3) is 0. The van der Waals surface area contributed by atoms with E-state index in [9.17, 15) is 20.0 Å². The number of carbonyl (C=O) groups excluding carboxylic acids is 1. The van der Waals surface area contributed by atoms with E-state index in [2.05, 4.69) is 5.32 Å². The van der Waals surface area contributed by atoms with Crippen LogP contribution in [0.3, 0.4) is 0 Å². The fourth-order valence-electron chi connectivity index (χ4n) is 1.62. The molecule has 0 spiro atoms. The SMILES string of the molecule is O=C(Nc1cc(Cl)cc(Cl)c1O)c1cccc([N+](=O)[O-])c1. The van der Waals surface area contributed by atoms with Crippen LogP contribution in [0.15, 0.2) is 36.4 Å². The third kappa shape index (κ3) is 3.42. The summed E-state index contributed by atoms with van der Waals surface area (Å²) in [5.41, 5.74) is -0.125. The lowest BCUT2D eigenvalue weighted by atomic mass is 10.2. The Labute approximate surface area is 129 Å². The maximum absolute atomic E-state index is 12.0. The summed E-state index contributed by atoms with van der Waals surface area (Å²) in [6.45, 7) is 0. The first-order valence-corrected chi connectivity index (χ1v) is 6.38. The quantitative estimate of drug-likeness (QED) is 0.508. The number of nitrogens with one attached hydrogen (secondary N) is 1. The van der Waals surface area contributed by atoms with Crippen LogP contribution >= 0.6 is 23.2 Å². The third-order valence-corrected chi connectivity index (χ3v) is 3.10. The third-order valence-electron chi connectivity index (χ3n) is 2.60. The number of non-ortho nitro benzene ring substituents is 1. The number of nitrogens with zero attached hydrogens (tertiary/aromatic N) is 1. The Morgan fingerprint density at radius 3 is 2.62 bits per heavy atom. The van der Waals surface area contributed by atoms with E-state index in [-0.39, 0.29) is 32.7 Å². The zero-order valence-electron chi connectivity index (χ0n) is 10.3. The molecular weight excluding hydrogens is 319 g/mol. The Morgan fingerprint density at radius 2 is 1.95 bits per heavy atom. The van der Waals surface area contributed by atoms with Crippen molar-refractivity contribution in [3.8, 4) is 5.75 Å². The van der Waals surface area contributed by atoms with Crippen LogP contribution in [0.25, 0.3) is 0 Å². The van der Waals surface area contributed by atoms with Gasteiger partial charge in [-0.15, -0.1) is 0 Å². The summed E-state index contributed by atoms with van der Waals surface area (Å²) in [6, 6.07) is 7.83. The van der Waals surface area contributed by atoms with Crippen LogP contribution in [-0.2, 0) is 0 Å². The standard InChI is InChI=1S/C13H8Cl2N2O4/c14-8-5-10(15)12(18)11(6-8)16-13(19)7-2-1-3-9(4-7)17(20)21/h1-6,18H,(H,16,19). The van der Waals surface area contributed by atoms with Gasteiger partial charge >= 0.3 is 0 Å². The summed E-state index contributed by atoms with van der Waals surface area (Å²) >= 11 is 11.5. The normalized spacial score (nSPS) is 10.2. The van der Waals surface area contributed by atoms with E-state index in [1.165, 1.54) is 30.3 Å². The van der Waals surface area contributed by atoms with Crippen molar-refractivity contribution < 1.29 is 14.8 Å². The van der Waals surface area contributed by atoms with E-state index in [0.717, 1.165) is 6.07 Å². The predicted molar refractivity (Wildman–Crippen MR) is 79.2 cm³/mol. The van der Waals surface area contributed by atoms with Gasteiger partial charge in [-0.05, 0) is 18.2 Å². The minimum absolute atomic E-state index is 0.0168. The van der Waals surface area contributed by atoms with Gasteiger partial charge in [0.05, 0.1) is 15.6 Å². The monoisotopic (exact) mass is 326 g/mol. The fourth-order valence-corrected chi connectivity index (χ4v) is 2.11. The molecule has 6 nitrogen and oxygen atoms in total. The molecule has 0 bridgehead atoms. The molecule has 0 aliphatic rings. The highest BCUT2D eigenvalue weighted by molar-refractivity contribution is 6.36. The highest BCUT2D eigenvalue weighted by Gasteiger charge is 2.15. The number of phenols is 1. The molecule has 2 aromatic rings. The maximum Gasteiger partial charge on any atom is 0.270 e.